The van der Waals surface area contributed by atoms with Crippen LogP contribution >= 0.6 is 0 Å². The van der Waals surface area contributed by atoms with Gasteiger partial charge in [-0.2, -0.15) is 0 Å². The molecule has 0 aliphatic carbocycles. The van der Waals surface area contributed by atoms with E-state index < -0.39 is 21.6 Å². The van der Waals surface area contributed by atoms with Gasteiger partial charge in [0, 0.05) is 17.5 Å². The van der Waals surface area contributed by atoms with E-state index in [9.17, 15) is 18.0 Å². The molecule has 0 amide bonds. The molecule has 0 atom stereocenters. The largest absolute Gasteiger partial charge is 0.495 e. The van der Waals surface area contributed by atoms with Crippen LogP contribution in [0.1, 0.15) is 21.5 Å². The molecule has 3 N–H and O–H groups in total. The number of aromatic carboxylic acids is 1. The molecule has 8 nitrogen and oxygen atoms in total. The molecule has 2 aromatic carbocycles. The second-order valence-electron chi connectivity index (χ2n) is 6.15. The topological polar surface area (TPSA) is 126 Å². The van der Waals surface area contributed by atoms with Crippen LogP contribution in [-0.2, 0) is 16.6 Å². The Hall–Kier alpha value is -3.17. The summed E-state index contributed by atoms with van der Waals surface area (Å²) in [5, 5.41) is 9.64. The summed E-state index contributed by atoms with van der Waals surface area (Å²) in [7, 11) is -2.41. The number of benzene rings is 2. The predicted molar refractivity (Wildman–Crippen MR) is 103 cm³/mol. The fourth-order valence-corrected chi connectivity index (χ4v) is 3.79. The molecule has 28 heavy (non-hydrogen) atoms. The van der Waals surface area contributed by atoms with Crippen LogP contribution < -0.4 is 15.0 Å². The molecule has 3 rings (SSSR count). The minimum absolute atomic E-state index is 0.0191. The van der Waals surface area contributed by atoms with Gasteiger partial charge in [-0.15, -0.1) is 0 Å². The van der Waals surface area contributed by atoms with Crippen LogP contribution in [0.5, 0.6) is 5.75 Å². The van der Waals surface area contributed by atoms with Gasteiger partial charge in [-0.05, 0) is 48.9 Å². The highest BCUT2D eigenvalue weighted by atomic mass is 32.2. The maximum atomic E-state index is 12.4. The molecule has 0 saturated carbocycles. The van der Waals surface area contributed by atoms with Crippen molar-refractivity contribution in [2.45, 2.75) is 18.4 Å². The van der Waals surface area contributed by atoms with Crippen molar-refractivity contribution in [1.82, 2.24) is 9.71 Å². The van der Waals surface area contributed by atoms with E-state index in [1.54, 1.807) is 12.1 Å². The number of carbonyl (C=O) groups is 1. The molecular formula is C19H18N2O6S. The Labute approximate surface area is 160 Å². The average molecular weight is 402 g/mol. The summed E-state index contributed by atoms with van der Waals surface area (Å²) in [6.45, 7) is 1.66. The van der Waals surface area contributed by atoms with Gasteiger partial charge in [0.15, 0.2) is 0 Å². The molecule has 0 bridgehead atoms. The zero-order valence-electron chi connectivity index (χ0n) is 15.1. The normalized spacial score (nSPS) is 11.5. The Balaban J connectivity index is 1.90. The number of sulfonamides is 1. The number of aryl methyl sites for hydroxylation is 1. The first-order valence-corrected chi connectivity index (χ1v) is 9.74. The Morgan fingerprint density at radius 3 is 2.46 bits per heavy atom. The first kappa shape index (κ1) is 19.6. The summed E-state index contributed by atoms with van der Waals surface area (Å²) in [6.07, 6.45) is 0. The number of hydrogen-bond acceptors (Lipinski definition) is 5. The number of carboxylic acids is 1. The quantitative estimate of drug-likeness (QED) is 0.579. The Bertz CT molecular complexity index is 1210. The number of fused-ring (bicyclic) bond motifs is 1. The molecule has 0 saturated heterocycles. The van der Waals surface area contributed by atoms with Crippen LogP contribution in [0, 0.1) is 6.92 Å². The van der Waals surface area contributed by atoms with Gasteiger partial charge in [-0.25, -0.2) is 17.9 Å². The minimum atomic E-state index is -3.91. The SMILES string of the molecule is COc1ccc(C)c2cc(CNS(=O)(=O)c3ccc(C(=O)O)cc3)c(=O)[nH]c12. The highest BCUT2D eigenvalue weighted by Crippen LogP contribution is 2.25. The van der Waals surface area contributed by atoms with E-state index in [2.05, 4.69) is 9.71 Å². The zero-order valence-corrected chi connectivity index (χ0v) is 16.0. The van der Waals surface area contributed by atoms with Crippen molar-refractivity contribution in [2.75, 3.05) is 7.11 Å². The second-order valence-corrected chi connectivity index (χ2v) is 7.92. The number of hydrogen-bond donors (Lipinski definition) is 3. The van der Waals surface area contributed by atoms with Crippen LogP contribution in [0.3, 0.4) is 0 Å². The van der Waals surface area contributed by atoms with Crippen LogP contribution in [0.2, 0.25) is 0 Å². The molecule has 0 fully saturated rings. The standard InChI is InChI=1S/C19H18N2O6S/c1-11-3-8-16(27-2)17-15(11)9-13(18(22)21-17)10-20-28(25,26)14-6-4-12(5-7-14)19(23)24/h3-9,20H,10H2,1-2H3,(H,21,22)(H,23,24). The molecule has 0 spiro atoms. The first-order valence-electron chi connectivity index (χ1n) is 8.25. The summed E-state index contributed by atoms with van der Waals surface area (Å²) in [5.41, 5.74) is 1.24. The van der Waals surface area contributed by atoms with Crippen LogP contribution in [0.15, 0.2) is 52.2 Å². The zero-order chi connectivity index (χ0) is 20.5. The van der Waals surface area contributed by atoms with Gasteiger partial charge in [0.25, 0.3) is 5.56 Å². The summed E-state index contributed by atoms with van der Waals surface area (Å²) in [5.74, 6) is -0.631. The minimum Gasteiger partial charge on any atom is -0.495 e. The van der Waals surface area contributed by atoms with Gasteiger partial charge < -0.3 is 14.8 Å². The van der Waals surface area contributed by atoms with E-state index in [-0.39, 0.29) is 22.6 Å². The van der Waals surface area contributed by atoms with Crippen molar-refractivity contribution < 1.29 is 23.1 Å². The third-order valence-corrected chi connectivity index (χ3v) is 5.78. The summed E-state index contributed by atoms with van der Waals surface area (Å²) in [6, 6.07) is 10.0. The molecule has 3 aromatic rings. The van der Waals surface area contributed by atoms with Crippen molar-refractivity contribution in [3.8, 4) is 5.75 Å². The fourth-order valence-electron chi connectivity index (χ4n) is 2.79. The maximum Gasteiger partial charge on any atom is 0.335 e. The third kappa shape index (κ3) is 3.75. The van der Waals surface area contributed by atoms with Gasteiger partial charge in [0.2, 0.25) is 10.0 Å². The van der Waals surface area contributed by atoms with Crippen molar-refractivity contribution in [2.24, 2.45) is 0 Å². The van der Waals surface area contributed by atoms with Crippen LogP contribution in [0.4, 0.5) is 0 Å². The molecule has 1 aromatic heterocycles. The number of carboxylic acid groups (broad SMARTS) is 1. The van der Waals surface area contributed by atoms with Crippen molar-refractivity contribution in [1.29, 1.82) is 0 Å². The number of nitrogens with one attached hydrogen (secondary N) is 2. The van der Waals surface area contributed by atoms with Crippen molar-refractivity contribution in [3.63, 3.8) is 0 Å². The molecule has 0 aliphatic heterocycles. The lowest BCUT2D eigenvalue weighted by Gasteiger charge is -2.11. The van der Waals surface area contributed by atoms with E-state index in [0.717, 1.165) is 10.9 Å². The molecule has 0 radical (unpaired) electrons. The Kier molecular flexibility index (Phi) is 5.21. The van der Waals surface area contributed by atoms with Gasteiger partial charge >= 0.3 is 5.97 Å². The highest BCUT2D eigenvalue weighted by molar-refractivity contribution is 7.89. The Morgan fingerprint density at radius 1 is 1.18 bits per heavy atom. The molecular weight excluding hydrogens is 384 g/mol. The average Bonchev–Trinajstić information content (AvgIpc) is 2.67. The van der Waals surface area contributed by atoms with Crippen molar-refractivity contribution in [3.05, 3.63) is 69.5 Å². The lowest BCUT2D eigenvalue weighted by Crippen LogP contribution is -2.27. The second kappa shape index (κ2) is 7.45. The summed E-state index contributed by atoms with van der Waals surface area (Å²) >= 11 is 0. The number of H-pyrrole nitrogens is 1. The first-order chi connectivity index (χ1) is 13.2. The van der Waals surface area contributed by atoms with Crippen LogP contribution in [-0.4, -0.2) is 31.6 Å². The summed E-state index contributed by atoms with van der Waals surface area (Å²) < 4.78 is 32.5. The number of rotatable bonds is 6. The lowest BCUT2D eigenvalue weighted by molar-refractivity contribution is 0.0696. The fraction of sp³-hybridized carbons (Fsp3) is 0.158. The van der Waals surface area contributed by atoms with E-state index in [4.69, 9.17) is 9.84 Å². The predicted octanol–water partition coefficient (Wildman–Crippen LogP) is 2.02. The molecule has 146 valence electrons. The molecule has 0 aliphatic rings. The van der Waals surface area contributed by atoms with Gasteiger partial charge in [-0.1, -0.05) is 6.07 Å². The molecule has 0 unspecified atom stereocenters. The third-order valence-electron chi connectivity index (χ3n) is 4.36. The van der Waals surface area contributed by atoms with E-state index in [0.29, 0.717) is 11.3 Å². The lowest BCUT2D eigenvalue weighted by atomic mass is 10.1. The summed E-state index contributed by atoms with van der Waals surface area (Å²) in [4.78, 5) is 25.9. The van der Waals surface area contributed by atoms with E-state index in [1.807, 2.05) is 13.0 Å². The maximum absolute atomic E-state index is 12.4. The number of aromatic nitrogens is 1. The molecule has 1 heterocycles. The van der Waals surface area contributed by atoms with Gasteiger partial charge in [0.1, 0.15) is 5.75 Å². The Morgan fingerprint density at radius 2 is 1.86 bits per heavy atom. The molecule has 9 heteroatoms. The van der Waals surface area contributed by atoms with E-state index >= 15 is 0 Å². The highest BCUT2D eigenvalue weighted by Gasteiger charge is 2.16. The van der Waals surface area contributed by atoms with Crippen molar-refractivity contribution >= 4 is 26.9 Å². The number of ether oxygens (including phenoxy) is 1. The smallest absolute Gasteiger partial charge is 0.335 e. The van der Waals surface area contributed by atoms with Gasteiger partial charge in [0.05, 0.1) is 23.1 Å². The van der Waals surface area contributed by atoms with Gasteiger partial charge in [-0.3, -0.25) is 4.79 Å². The van der Waals surface area contributed by atoms with Crippen LogP contribution in [0.25, 0.3) is 10.9 Å². The number of pyridine rings is 1. The number of aromatic amines is 1. The number of methoxy groups -OCH3 is 1. The monoisotopic (exact) mass is 402 g/mol. The van der Waals surface area contributed by atoms with E-state index in [1.165, 1.54) is 31.4 Å².